The van der Waals surface area contributed by atoms with E-state index in [0.29, 0.717) is 18.8 Å². The molecule has 0 amide bonds. The molecule has 198 valence electrons. The Morgan fingerprint density at radius 1 is 0.769 bits per heavy atom. The van der Waals surface area contributed by atoms with Gasteiger partial charge in [0.2, 0.25) is 0 Å². The van der Waals surface area contributed by atoms with Crippen molar-refractivity contribution in [3.8, 4) is 17.6 Å². The van der Waals surface area contributed by atoms with Gasteiger partial charge in [0, 0.05) is 12.0 Å². The van der Waals surface area contributed by atoms with Crippen LogP contribution in [0.4, 0.5) is 0 Å². The third-order valence-corrected chi connectivity index (χ3v) is 7.55. The first-order valence-corrected chi connectivity index (χ1v) is 13.7. The van der Waals surface area contributed by atoms with E-state index >= 15 is 0 Å². The van der Waals surface area contributed by atoms with Crippen LogP contribution in [0.3, 0.4) is 0 Å². The molecule has 1 aliphatic heterocycles. The lowest BCUT2D eigenvalue weighted by Gasteiger charge is -2.28. The minimum atomic E-state index is -0.117. The molecule has 1 unspecified atom stereocenters. The maximum absolute atomic E-state index is 8.94. The first-order chi connectivity index (χ1) is 19.0. The summed E-state index contributed by atoms with van der Waals surface area (Å²) < 4.78 is 17.9. The lowest BCUT2D eigenvalue weighted by molar-refractivity contribution is 0.0149. The Morgan fingerprint density at radius 3 is 1.87 bits per heavy atom. The molecule has 0 aromatic heterocycles. The van der Waals surface area contributed by atoms with Crippen molar-refractivity contribution in [1.29, 1.82) is 5.26 Å². The number of hydrogen-bond donors (Lipinski definition) is 0. The third-order valence-electron chi connectivity index (χ3n) is 7.55. The normalized spacial score (nSPS) is 15.4. The van der Waals surface area contributed by atoms with Gasteiger partial charge < -0.3 is 14.2 Å². The van der Waals surface area contributed by atoms with E-state index in [1.165, 1.54) is 29.5 Å². The molecule has 0 spiro atoms. The minimum absolute atomic E-state index is 0.117. The van der Waals surface area contributed by atoms with E-state index < -0.39 is 0 Å². The quantitative estimate of drug-likeness (QED) is 0.224. The fourth-order valence-electron chi connectivity index (χ4n) is 5.02. The molecule has 4 nitrogen and oxygen atoms in total. The summed E-state index contributed by atoms with van der Waals surface area (Å²) in [5, 5.41) is 8.94. The van der Waals surface area contributed by atoms with Crippen LogP contribution in [0.15, 0.2) is 97.1 Å². The van der Waals surface area contributed by atoms with Crippen molar-refractivity contribution in [2.75, 3.05) is 6.61 Å². The highest BCUT2D eigenvalue weighted by atomic mass is 16.5. The summed E-state index contributed by atoms with van der Waals surface area (Å²) >= 11 is 0. The Balaban J connectivity index is 1.17. The average molecular weight is 518 g/mol. The molecule has 4 aromatic carbocycles. The predicted octanol–water partition coefficient (Wildman–Crippen LogP) is 8.28. The molecule has 0 radical (unpaired) electrons. The second kappa shape index (κ2) is 12.2. The smallest absolute Gasteiger partial charge is 0.119 e. The second-order valence-corrected chi connectivity index (χ2v) is 10.7. The van der Waals surface area contributed by atoms with Crippen LogP contribution < -0.4 is 9.47 Å². The number of hydrogen-bond acceptors (Lipinski definition) is 4. The van der Waals surface area contributed by atoms with Gasteiger partial charge in [-0.05, 0) is 89.5 Å². The summed E-state index contributed by atoms with van der Waals surface area (Å²) in [6.45, 7) is 6.34. The molecule has 0 saturated carbocycles. The Labute approximate surface area is 231 Å². The maximum Gasteiger partial charge on any atom is 0.119 e. The van der Waals surface area contributed by atoms with E-state index in [0.717, 1.165) is 35.7 Å². The largest absolute Gasteiger partial charge is 0.489 e. The van der Waals surface area contributed by atoms with Gasteiger partial charge in [0.15, 0.2) is 0 Å². The van der Waals surface area contributed by atoms with Crippen molar-refractivity contribution in [1.82, 2.24) is 0 Å². The molecule has 1 atom stereocenters. The summed E-state index contributed by atoms with van der Waals surface area (Å²) in [5.41, 5.74) is 6.48. The highest BCUT2D eigenvalue weighted by Gasteiger charge is 2.24. The number of nitriles is 1. The van der Waals surface area contributed by atoms with E-state index in [-0.39, 0.29) is 11.5 Å². The van der Waals surface area contributed by atoms with E-state index in [1.807, 2.05) is 24.3 Å². The topological polar surface area (TPSA) is 51.5 Å². The average Bonchev–Trinajstić information content (AvgIpc) is 3.00. The number of rotatable bonds is 9. The zero-order valence-corrected chi connectivity index (χ0v) is 22.7. The van der Waals surface area contributed by atoms with Gasteiger partial charge in [-0.3, -0.25) is 0 Å². The highest BCUT2D eigenvalue weighted by Crippen LogP contribution is 2.35. The molecule has 0 aliphatic carbocycles. The van der Waals surface area contributed by atoms with Gasteiger partial charge in [0.25, 0.3) is 0 Å². The molecule has 0 N–H and O–H groups in total. The SMILES string of the molecule is CC(C)(c1ccc(OCc2cccc(COc3ccc(C#N)cc3)c2)cc1)c1ccc(C2CCCCO2)cc1. The lowest BCUT2D eigenvalue weighted by atomic mass is 9.78. The van der Waals surface area contributed by atoms with Crippen LogP contribution in [0.1, 0.15) is 72.6 Å². The molecule has 1 heterocycles. The molecule has 4 heteroatoms. The summed E-state index contributed by atoms with van der Waals surface area (Å²) in [4.78, 5) is 0. The van der Waals surface area contributed by atoms with Crippen LogP contribution in [0, 0.1) is 11.3 Å². The molecule has 1 aliphatic rings. The Hall–Kier alpha value is -4.07. The van der Waals surface area contributed by atoms with Crippen LogP contribution in [0.2, 0.25) is 0 Å². The van der Waals surface area contributed by atoms with Gasteiger partial charge >= 0.3 is 0 Å². The minimum Gasteiger partial charge on any atom is -0.489 e. The molecule has 39 heavy (non-hydrogen) atoms. The molecular formula is C35H35NO3. The van der Waals surface area contributed by atoms with Gasteiger partial charge in [-0.15, -0.1) is 0 Å². The van der Waals surface area contributed by atoms with Gasteiger partial charge in [-0.25, -0.2) is 0 Å². The van der Waals surface area contributed by atoms with Crippen molar-refractivity contribution >= 4 is 0 Å². The molecular weight excluding hydrogens is 482 g/mol. The molecule has 5 rings (SSSR count). The van der Waals surface area contributed by atoms with E-state index in [1.54, 1.807) is 12.1 Å². The van der Waals surface area contributed by atoms with Crippen molar-refractivity contribution in [2.24, 2.45) is 0 Å². The Bertz CT molecular complexity index is 1390. The van der Waals surface area contributed by atoms with Crippen LogP contribution in [-0.2, 0) is 23.4 Å². The van der Waals surface area contributed by atoms with Crippen LogP contribution >= 0.6 is 0 Å². The summed E-state index contributed by atoms with van der Waals surface area (Å²) in [5.74, 6) is 1.59. The fourth-order valence-corrected chi connectivity index (χ4v) is 5.02. The monoisotopic (exact) mass is 517 g/mol. The second-order valence-electron chi connectivity index (χ2n) is 10.7. The van der Waals surface area contributed by atoms with Gasteiger partial charge in [-0.2, -0.15) is 5.26 Å². The molecule has 1 saturated heterocycles. The summed E-state index contributed by atoms with van der Waals surface area (Å²) in [7, 11) is 0. The molecule has 0 bridgehead atoms. The van der Waals surface area contributed by atoms with Crippen LogP contribution in [0.5, 0.6) is 11.5 Å². The summed E-state index contributed by atoms with van der Waals surface area (Å²) in [6, 6.07) is 34.9. The van der Waals surface area contributed by atoms with Crippen molar-refractivity contribution in [3.63, 3.8) is 0 Å². The van der Waals surface area contributed by atoms with E-state index in [4.69, 9.17) is 19.5 Å². The van der Waals surface area contributed by atoms with Gasteiger partial charge in [0.1, 0.15) is 24.7 Å². The van der Waals surface area contributed by atoms with Gasteiger partial charge in [-0.1, -0.05) is 68.4 Å². The Kier molecular flexibility index (Phi) is 8.30. The third kappa shape index (κ3) is 6.69. The van der Waals surface area contributed by atoms with Crippen LogP contribution in [-0.4, -0.2) is 6.61 Å². The van der Waals surface area contributed by atoms with E-state index in [9.17, 15) is 0 Å². The highest BCUT2D eigenvalue weighted by molar-refractivity contribution is 5.41. The number of nitrogens with zero attached hydrogens (tertiary/aromatic N) is 1. The predicted molar refractivity (Wildman–Crippen MR) is 154 cm³/mol. The lowest BCUT2D eigenvalue weighted by Crippen LogP contribution is -2.19. The standard InChI is InChI=1S/C35H35NO3/c1-35(2,30-13-11-29(12-14-30)34-8-3-4-21-37-34)31-15-19-33(20-16-31)39-25-28-7-5-6-27(22-28)24-38-32-17-9-26(23-36)10-18-32/h5-7,9-20,22,34H,3-4,8,21,24-25H2,1-2H3. The fraction of sp³-hybridized carbons (Fsp3) is 0.286. The van der Waals surface area contributed by atoms with Crippen molar-refractivity contribution in [3.05, 3.63) is 130 Å². The van der Waals surface area contributed by atoms with Gasteiger partial charge in [0.05, 0.1) is 17.7 Å². The van der Waals surface area contributed by atoms with E-state index in [2.05, 4.69) is 80.6 Å². The first kappa shape index (κ1) is 26.5. The maximum atomic E-state index is 8.94. The van der Waals surface area contributed by atoms with Crippen molar-refractivity contribution < 1.29 is 14.2 Å². The van der Waals surface area contributed by atoms with Crippen molar-refractivity contribution in [2.45, 2.75) is 57.8 Å². The summed E-state index contributed by atoms with van der Waals surface area (Å²) in [6.07, 6.45) is 3.76. The Morgan fingerprint density at radius 2 is 1.33 bits per heavy atom. The zero-order chi connectivity index (χ0) is 27.1. The number of ether oxygens (including phenoxy) is 3. The number of benzene rings is 4. The van der Waals surface area contributed by atoms with Crippen LogP contribution in [0.25, 0.3) is 0 Å². The molecule has 1 fully saturated rings. The molecule has 4 aromatic rings. The first-order valence-electron chi connectivity index (χ1n) is 13.7. The zero-order valence-electron chi connectivity index (χ0n) is 22.7.